The summed E-state index contributed by atoms with van der Waals surface area (Å²) in [5.74, 6) is -7.75. The van der Waals surface area contributed by atoms with Crippen molar-refractivity contribution in [2.45, 2.75) is 173 Å². The van der Waals surface area contributed by atoms with Crippen LogP contribution in [0.1, 0.15) is 118 Å². The molecule has 24 heteroatoms. The van der Waals surface area contributed by atoms with E-state index in [1.54, 1.807) is 44.2 Å². The molecule has 4 heterocycles. The molecule has 1 aromatic rings. The largest absolute Gasteiger partial charge is 0.463 e. The van der Waals surface area contributed by atoms with Crippen LogP contribution in [0.4, 0.5) is 0 Å². The minimum atomic E-state index is -1.35. The molecule has 9 N–H and O–H groups in total. The first-order chi connectivity index (χ1) is 40.5. The Labute approximate surface area is 495 Å². The van der Waals surface area contributed by atoms with Crippen molar-refractivity contribution in [3.05, 3.63) is 84.0 Å². The van der Waals surface area contributed by atoms with Crippen LogP contribution in [0.3, 0.4) is 0 Å². The highest BCUT2D eigenvalue weighted by Crippen LogP contribution is 2.72. The third-order valence-corrected chi connectivity index (χ3v) is 17.7. The van der Waals surface area contributed by atoms with Crippen molar-refractivity contribution in [2.24, 2.45) is 28.4 Å². The van der Waals surface area contributed by atoms with E-state index in [0.717, 1.165) is 16.5 Å². The second-order valence-corrected chi connectivity index (χ2v) is 23.4. The van der Waals surface area contributed by atoms with E-state index in [9.17, 15) is 47.9 Å². The van der Waals surface area contributed by atoms with Gasteiger partial charge < -0.3 is 61.3 Å². The van der Waals surface area contributed by atoms with E-state index in [0.29, 0.717) is 57.1 Å². The van der Waals surface area contributed by atoms with Gasteiger partial charge in [-0.1, -0.05) is 94.7 Å². The molecular formula is C61H83N9O15. The minimum Gasteiger partial charge on any atom is -0.463 e. The number of nitrogens with two attached hydrogens (primary N) is 1. The molecule has 462 valence electrons. The number of benzene rings is 1. The van der Waals surface area contributed by atoms with Crippen LogP contribution < -0.4 is 37.6 Å². The van der Waals surface area contributed by atoms with Gasteiger partial charge in [0, 0.05) is 62.1 Å². The Morgan fingerprint density at radius 2 is 1.49 bits per heavy atom. The lowest BCUT2D eigenvalue weighted by molar-refractivity contribution is -0.233. The van der Waals surface area contributed by atoms with Crippen molar-refractivity contribution in [1.29, 1.82) is 5.41 Å². The van der Waals surface area contributed by atoms with Gasteiger partial charge in [0.2, 0.25) is 29.5 Å². The quantitative estimate of drug-likeness (QED) is 0.0114. The summed E-state index contributed by atoms with van der Waals surface area (Å²) in [6, 6.07) is 2.50. The number of carbonyl (C=O) groups excluding carboxylic acids is 10. The predicted octanol–water partition coefficient (Wildman–Crippen LogP) is 2.29. The maximum Gasteiger partial charge on any atom is 0.331 e. The van der Waals surface area contributed by atoms with Crippen LogP contribution in [0, 0.1) is 28.1 Å². The van der Waals surface area contributed by atoms with Gasteiger partial charge in [-0.05, 0) is 76.2 Å². The molecule has 1 unspecified atom stereocenters. The number of rotatable bonds is 23. The number of amides is 7. The third kappa shape index (κ3) is 15.6. The Bertz CT molecular complexity index is 2800. The highest BCUT2D eigenvalue weighted by Gasteiger charge is 2.83. The number of epoxide rings is 1. The first kappa shape index (κ1) is 64.8. The zero-order chi connectivity index (χ0) is 61.6. The number of nitrogens with zero attached hydrogens (tertiary/aromatic N) is 1. The monoisotopic (exact) mass is 1180 g/mol. The number of imide groups is 1. The van der Waals surface area contributed by atoms with Crippen molar-refractivity contribution in [1.82, 2.24) is 36.8 Å². The first-order valence-electron chi connectivity index (χ1n) is 29.5. The first-order valence-corrected chi connectivity index (χ1v) is 29.5. The van der Waals surface area contributed by atoms with Gasteiger partial charge in [0.15, 0.2) is 5.96 Å². The second-order valence-electron chi connectivity index (χ2n) is 23.4. The van der Waals surface area contributed by atoms with Crippen molar-refractivity contribution >= 4 is 65.2 Å². The average Bonchev–Trinajstić information content (AvgIpc) is 1.56. The molecule has 0 aromatic heterocycles. The number of unbranched alkanes of at least 4 members (excludes halogenated alkanes) is 2. The summed E-state index contributed by atoms with van der Waals surface area (Å²) in [5.41, 5.74) is 4.62. The van der Waals surface area contributed by atoms with Crippen molar-refractivity contribution in [3.63, 3.8) is 0 Å². The molecule has 2 spiro atoms. The lowest BCUT2D eigenvalue weighted by atomic mass is 9.51. The summed E-state index contributed by atoms with van der Waals surface area (Å²) in [5, 5.41) is 24.2. The Balaban J connectivity index is 1.06. The fourth-order valence-electron chi connectivity index (χ4n) is 12.2. The van der Waals surface area contributed by atoms with Gasteiger partial charge in [-0.15, -0.1) is 0 Å². The van der Waals surface area contributed by atoms with E-state index in [-0.39, 0.29) is 82.1 Å². The standard InChI is InChI=1S/C61H83N9O15/c1-7-37(3)51(68-46(71)20-12-9-15-29-70-47(72)23-24-48(70)73)56(79)67-42(32-40-17-10-8-11-18-40)55(78)66-41(19-16-28-64-58(62)63)54(77)65-39(5)53(76)69-52-38(4)26-30-81-49(74)21-13-14-22-50(75)85-43-33-45-61(35-83-61)59(43,6)60(34-82-57(52)80)27-25-36(2)31-44(60)84-45/h8,10-11,13-14,17-18,21-24,31,37-39,41-45,51-52H,7,9,12,15-16,19-20,25-30,32-35H2,1-6H3,(H,65,77)(H,66,78)(H,67,79)(H,68,71)(H,69,76)(H4,62,63,64)/b21-13+,22-14-/t37-,38+,39-,41-,42-,43-,44?,45+,51-,52+,59+,60+,61-/m0/s1. The molecule has 7 rings (SSSR count). The normalized spacial score (nSPS) is 28.9. The number of guanidine groups is 1. The Morgan fingerprint density at radius 3 is 2.18 bits per heavy atom. The SMILES string of the molecule is CC[C@H](C)[C@H](NC(=O)CCCCCN1C(=O)C=CC1=O)C(=O)N[C@@H](Cc1ccccc1)C(=O)N[C@@H](CCCNC(=N)N)C(=O)N[C@@H](C)C(=O)N[C@H]1C(=O)OC[C@]23CCC(C)=CC2O[C@@H]2C[C@H](OC(=O)/C=C\C=C\C(=O)OCC[C@H]1C)[C@@]3(C)[C@]21CO1. The van der Waals surface area contributed by atoms with Gasteiger partial charge in [0.1, 0.15) is 48.5 Å². The Kier molecular flexibility index (Phi) is 22.0. The summed E-state index contributed by atoms with van der Waals surface area (Å²) < 4.78 is 30.9. The number of hydrogen-bond donors (Lipinski definition) is 8. The maximum absolute atomic E-state index is 14.7. The zero-order valence-corrected chi connectivity index (χ0v) is 49.4. The molecule has 0 radical (unpaired) electrons. The van der Waals surface area contributed by atoms with E-state index >= 15 is 0 Å². The highest BCUT2D eigenvalue weighted by atomic mass is 16.6. The molecule has 13 atom stereocenters. The van der Waals surface area contributed by atoms with Crippen molar-refractivity contribution < 1.29 is 71.6 Å². The Morgan fingerprint density at radius 1 is 0.812 bits per heavy atom. The molecule has 6 aliphatic rings. The van der Waals surface area contributed by atoms with Gasteiger partial charge in [-0.3, -0.25) is 43.9 Å². The van der Waals surface area contributed by atoms with Gasteiger partial charge in [-0.25, -0.2) is 14.4 Å². The number of carbonyl (C=O) groups is 10. The number of ether oxygens (including phenoxy) is 5. The predicted molar refractivity (Wildman–Crippen MR) is 308 cm³/mol. The van der Waals surface area contributed by atoms with Gasteiger partial charge in [0.05, 0.1) is 30.8 Å². The molecular weight excluding hydrogens is 1100 g/mol. The molecule has 2 saturated heterocycles. The number of allylic oxidation sites excluding steroid dienone is 3. The molecule has 1 aromatic carbocycles. The number of hydrogen-bond acceptors (Lipinski definition) is 16. The topological polar surface area (TPSA) is 345 Å². The smallest absolute Gasteiger partial charge is 0.331 e. The van der Waals surface area contributed by atoms with Crippen LogP contribution in [0.15, 0.2) is 78.4 Å². The van der Waals surface area contributed by atoms with E-state index in [1.807, 2.05) is 26.8 Å². The summed E-state index contributed by atoms with van der Waals surface area (Å²) in [6.45, 7) is 11.1. The fraction of sp³-hybridized carbons (Fsp3) is 0.590. The van der Waals surface area contributed by atoms with Gasteiger partial charge in [-0.2, -0.15) is 0 Å². The van der Waals surface area contributed by atoms with Gasteiger partial charge in [0.25, 0.3) is 11.8 Å². The zero-order valence-electron chi connectivity index (χ0n) is 49.4. The van der Waals surface area contributed by atoms with E-state index in [4.69, 9.17) is 34.8 Å². The van der Waals surface area contributed by atoms with Crippen LogP contribution >= 0.6 is 0 Å². The summed E-state index contributed by atoms with van der Waals surface area (Å²) in [6.07, 6.45) is 11.6. The molecule has 3 fully saturated rings. The average molecular weight is 1180 g/mol. The number of esters is 3. The third-order valence-electron chi connectivity index (χ3n) is 17.7. The second kappa shape index (κ2) is 28.9. The molecule has 85 heavy (non-hydrogen) atoms. The molecule has 24 nitrogen and oxygen atoms in total. The molecule has 4 aliphatic heterocycles. The summed E-state index contributed by atoms with van der Waals surface area (Å²) in [7, 11) is 0. The molecule has 1 saturated carbocycles. The van der Waals surface area contributed by atoms with E-state index in [2.05, 4.69) is 31.9 Å². The van der Waals surface area contributed by atoms with Crippen LogP contribution in [0.5, 0.6) is 0 Å². The van der Waals surface area contributed by atoms with Crippen LogP contribution in [0.25, 0.3) is 0 Å². The molecule has 2 bridgehead atoms. The maximum atomic E-state index is 14.7. The molecule has 7 amide bonds. The van der Waals surface area contributed by atoms with E-state index < -0.39 is 118 Å². The lowest BCUT2D eigenvalue weighted by Gasteiger charge is -2.58. The van der Waals surface area contributed by atoms with E-state index in [1.165, 1.54) is 37.3 Å². The summed E-state index contributed by atoms with van der Waals surface area (Å²) >= 11 is 0. The van der Waals surface area contributed by atoms with Crippen LogP contribution in [-0.4, -0.2) is 157 Å². The Hall–Kier alpha value is -7.73. The van der Waals surface area contributed by atoms with Crippen molar-refractivity contribution in [3.8, 4) is 0 Å². The van der Waals surface area contributed by atoms with Gasteiger partial charge >= 0.3 is 17.9 Å². The lowest BCUT2D eigenvalue weighted by Crippen LogP contribution is -2.67. The summed E-state index contributed by atoms with van der Waals surface area (Å²) in [4.78, 5) is 137. The van der Waals surface area contributed by atoms with Crippen LogP contribution in [0.2, 0.25) is 0 Å². The van der Waals surface area contributed by atoms with Crippen LogP contribution in [-0.2, 0) is 78.1 Å². The number of nitrogens with one attached hydrogen (secondary N) is 7. The van der Waals surface area contributed by atoms with Crippen molar-refractivity contribution in [2.75, 3.05) is 32.9 Å². The highest BCUT2D eigenvalue weighted by molar-refractivity contribution is 6.12. The molecule has 2 aliphatic carbocycles. The number of cyclic esters (lactones) is 2. The fourth-order valence-corrected chi connectivity index (χ4v) is 12.2. The minimum absolute atomic E-state index is 0.0212.